The van der Waals surface area contributed by atoms with E-state index in [0.29, 0.717) is 17.1 Å². The normalized spacial score (nSPS) is 11.4. The zero-order valence-corrected chi connectivity index (χ0v) is 13.2. The van der Waals surface area contributed by atoms with Gasteiger partial charge in [-0.25, -0.2) is 8.42 Å². The van der Waals surface area contributed by atoms with E-state index < -0.39 is 10.0 Å². The Bertz CT molecular complexity index is 728. The fourth-order valence-electron chi connectivity index (χ4n) is 2.18. The SMILES string of the molecule is CNCc1cc(S(=O)(=O)Nc2cccnc2)c(C)cc1C. The number of hydrogen-bond donors (Lipinski definition) is 2. The Morgan fingerprint density at radius 1 is 1.19 bits per heavy atom. The van der Waals surface area contributed by atoms with Crippen molar-refractivity contribution in [2.24, 2.45) is 0 Å². The fraction of sp³-hybridized carbons (Fsp3) is 0.267. The molecule has 0 spiro atoms. The Balaban J connectivity index is 2.42. The van der Waals surface area contributed by atoms with Crippen LogP contribution in [-0.4, -0.2) is 20.4 Å². The molecule has 2 aromatic rings. The maximum Gasteiger partial charge on any atom is 0.262 e. The molecule has 1 heterocycles. The highest BCUT2D eigenvalue weighted by Gasteiger charge is 2.18. The molecule has 0 saturated carbocycles. The van der Waals surface area contributed by atoms with Crippen LogP contribution in [0.15, 0.2) is 41.6 Å². The summed E-state index contributed by atoms with van der Waals surface area (Å²) in [7, 11) is -1.78. The topological polar surface area (TPSA) is 71.1 Å². The van der Waals surface area contributed by atoms with Crippen LogP contribution in [0.4, 0.5) is 5.69 Å². The molecule has 0 aliphatic rings. The molecule has 0 fully saturated rings. The average Bonchev–Trinajstić information content (AvgIpc) is 2.42. The summed E-state index contributed by atoms with van der Waals surface area (Å²) in [4.78, 5) is 4.20. The monoisotopic (exact) mass is 305 g/mol. The van der Waals surface area contributed by atoms with Crippen LogP contribution in [-0.2, 0) is 16.6 Å². The molecule has 1 aromatic carbocycles. The molecular weight excluding hydrogens is 286 g/mol. The number of nitrogens with one attached hydrogen (secondary N) is 2. The lowest BCUT2D eigenvalue weighted by Crippen LogP contribution is -2.16. The van der Waals surface area contributed by atoms with E-state index in [0.717, 1.165) is 16.7 Å². The molecule has 1 aromatic heterocycles. The number of aryl methyl sites for hydroxylation is 2. The van der Waals surface area contributed by atoms with E-state index in [2.05, 4.69) is 15.0 Å². The molecule has 112 valence electrons. The van der Waals surface area contributed by atoms with E-state index >= 15 is 0 Å². The summed E-state index contributed by atoms with van der Waals surface area (Å²) in [5, 5.41) is 3.05. The second kappa shape index (κ2) is 6.24. The van der Waals surface area contributed by atoms with Crippen molar-refractivity contribution in [2.75, 3.05) is 11.8 Å². The van der Waals surface area contributed by atoms with Crippen molar-refractivity contribution in [1.29, 1.82) is 0 Å². The van der Waals surface area contributed by atoms with Gasteiger partial charge in [0.25, 0.3) is 10.0 Å². The van der Waals surface area contributed by atoms with Crippen LogP contribution in [0.3, 0.4) is 0 Å². The Morgan fingerprint density at radius 3 is 2.57 bits per heavy atom. The molecule has 0 unspecified atom stereocenters. The molecule has 0 radical (unpaired) electrons. The van der Waals surface area contributed by atoms with Crippen LogP contribution < -0.4 is 10.0 Å². The quantitative estimate of drug-likeness (QED) is 0.888. The third kappa shape index (κ3) is 3.59. The first kappa shape index (κ1) is 15.5. The highest BCUT2D eigenvalue weighted by Crippen LogP contribution is 2.22. The summed E-state index contributed by atoms with van der Waals surface area (Å²) in [5.41, 5.74) is 3.22. The summed E-state index contributed by atoms with van der Waals surface area (Å²) < 4.78 is 27.6. The van der Waals surface area contributed by atoms with Crippen LogP contribution >= 0.6 is 0 Å². The van der Waals surface area contributed by atoms with Gasteiger partial charge in [-0.3, -0.25) is 9.71 Å². The van der Waals surface area contributed by atoms with Gasteiger partial charge in [-0.2, -0.15) is 0 Å². The van der Waals surface area contributed by atoms with E-state index in [1.165, 1.54) is 6.20 Å². The van der Waals surface area contributed by atoms with E-state index in [-0.39, 0.29) is 0 Å². The third-order valence-corrected chi connectivity index (χ3v) is 4.73. The van der Waals surface area contributed by atoms with Crippen LogP contribution in [0.25, 0.3) is 0 Å². The molecule has 0 amide bonds. The van der Waals surface area contributed by atoms with Crippen molar-refractivity contribution in [3.63, 3.8) is 0 Å². The molecule has 0 bridgehead atoms. The highest BCUT2D eigenvalue weighted by atomic mass is 32.2. The summed E-state index contributed by atoms with van der Waals surface area (Å²) in [6, 6.07) is 6.97. The van der Waals surface area contributed by atoms with Crippen LogP contribution in [0, 0.1) is 13.8 Å². The molecule has 6 heteroatoms. The first-order chi connectivity index (χ1) is 9.94. The van der Waals surface area contributed by atoms with Crippen molar-refractivity contribution >= 4 is 15.7 Å². The highest BCUT2D eigenvalue weighted by molar-refractivity contribution is 7.92. The summed E-state index contributed by atoms with van der Waals surface area (Å²) in [6.45, 7) is 4.40. The molecule has 0 saturated heterocycles. The van der Waals surface area contributed by atoms with Crippen molar-refractivity contribution < 1.29 is 8.42 Å². The molecular formula is C15H19N3O2S. The predicted molar refractivity (Wildman–Crippen MR) is 83.7 cm³/mol. The molecule has 0 aliphatic carbocycles. The minimum absolute atomic E-state index is 0.294. The summed E-state index contributed by atoms with van der Waals surface area (Å²) in [5.74, 6) is 0. The standard InChI is InChI=1S/C15H19N3O2S/c1-11-7-12(2)15(8-13(11)9-16-3)21(19,20)18-14-5-4-6-17-10-14/h4-8,10,16,18H,9H2,1-3H3. The number of pyridine rings is 1. The fourth-order valence-corrected chi connectivity index (χ4v) is 3.50. The van der Waals surface area contributed by atoms with Gasteiger partial charge in [-0.1, -0.05) is 6.07 Å². The van der Waals surface area contributed by atoms with E-state index in [4.69, 9.17) is 0 Å². The zero-order chi connectivity index (χ0) is 15.5. The number of hydrogen-bond acceptors (Lipinski definition) is 4. The van der Waals surface area contributed by atoms with Crippen LogP contribution in [0.5, 0.6) is 0 Å². The lowest BCUT2D eigenvalue weighted by molar-refractivity contribution is 0.600. The molecule has 2 rings (SSSR count). The lowest BCUT2D eigenvalue weighted by atomic mass is 10.1. The average molecular weight is 305 g/mol. The first-order valence-corrected chi connectivity index (χ1v) is 8.10. The lowest BCUT2D eigenvalue weighted by Gasteiger charge is -2.14. The van der Waals surface area contributed by atoms with Gasteiger partial charge >= 0.3 is 0 Å². The van der Waals surface area contributed by atoms with Gasteiger partial charge in [0.15, 0.2) is 0 Å². The third-order valence-electron chi connectivity index (χ3n) is 3.20. The summed E-state index contributed by atoms with van der Waals surface area (Å²) in [6.07, 6.45) is 3.08. The van der Waals surface area contributed by atoms with Gasteiger partial charge in [0.05, 0.1) is 16.8 Å². The largest absolute Gasteiger partial charge is 0.316 e. The van der Waals surface area contributed by atoms with Crippen molar-refractivity contribution in [3.05, 3.63) is 53.3 Å². The number of anilines is 1. The van der Waals surface area contributed by atoms with Gasteiger partial charge in [0.2, 0.25) is 0 Å². The number of rotatable bonds is 5. The van der Waals surface area contributed by atoms with Crippen LogP contribution in [0.2, 0.25) is 0 Å². The Hall–Kier alpha value is -1.92. The van der Waals surface area contributed by atoms with Crippen molar-refractivity contribution in [3.8, 4) is 0 Å². The van der Waals surface area contributed by atoms with E-state index in [9.17, 15) is 8.42 Å². The van der Waals surface area contributed by atoms with Gasteiger partial charge in [0, 0.05) is 12.7 Å². The van der Waals surface area contributed by atoms with Gasteiger partial charge < -0.3 is 5.32 Å². The smallest absolute Gasteiger partial charge is 0.262 e. The second-order valence-corrected chi connectivity index (χ2v) is 6.57. The maximum atomic E-state index is 12.5. The number of nitrogens with zero attached hydrogens (tertiary/aromatic N) is 1. The predicted octanol–water partition coefficient (Wildman–Crippen LogP) is 2.22. The minimum atomic E-state index is -3.62. The van der Waals surface area contributed by atoms with Crippen molar-refractivity contribution in [1.82, 2.24) is 10.3 Å². The maximum absolute atomic E-state index is 12.5. The number of sulfonamides is 1. The Labute approximate surface area is 125 Å². The van der Waals surface area contributed by atoms with Crippen molar-refractivity contribution in [2.45, 2.75) is 25.3 Å². The minimum Gasteiger partial charge on any atom is -0.316 e. The molecule has 0 aliphatic heterocycles. The number of aromatic nitrogens is 1. The first-order valence-electron chi connectivity index (χ1n) is 6.61. The van der Waals surface area contributed by atoms with Gasteiger partial charge in [0.1, 0.15) is 0 Å². The molecule has 2 N–H and O–H groups in total. The van der Waals surface area contributed by atoms with E-state index in [1.54, 1.807) is 31.3 Å². The molecule has 21 heavy (non-hydrogen) atoms. The Kier molecular flexibility index (Phi) is 4.59. The van der Waals surface area contributed by atoms with Gasteiger partial charge in [-0.15, -0.1) is 0 Å². The summed E-state index contributed by atoms with van der Waals surface area (Å²) >= 11 is 0. The second-order valence-electron chi connectivity index (χ2n) is 4.92. The molecule has 0 atom stereocenters. The zero-order valence-electron chi connectivity index (χ0n) is 12.3. The Morgan fingerprint density at radius 2 is 1.95 bits per heavy atom. The van der Waals surface area contributed by atoms with E-state index in [1.807, 2.05) is 20.0 Å². The van der Waals surface area contributed by atoms with Crippen LogP contribution in [0.1, 0.15) is 16.7 Å². The number of benzene rings is 1. The van der Waals surface area contributed by atoms with Gasteiger partial charge in [-0.05, 0) is 55.8 Å². The molecule has 5 nitrogen and oxygen atoms in total.